The van der Waals surface area contributed by atoms with Gasteiger partial charge in [-0.1, -0.05) is 12.8 Å². The highest BCUT2D eigenvalue weighted by molar-refractivity contribution is 5.98. The highest BCUT2D eigenvalue weighted by Gasteiger charge is 2.17. The fraction of sp³-hybridized carbons (Fsp3) is 0.333. The number of amides is 2. The molecule has 1 aromatic carbocycles. The standard InChI is InChI=1S/C15H16N2O2/c1-3-12(4-2)16-15(19)11-5-7-13-10(9-11)6-8-14(18)17-13/h1,5,7,9,12H,4,6,8H2,2H3,(H,16,19)(H,17,18). The number of anilines is 1. The molecule has 0 radical (unpaired) electrons. The summed E-state index contributed by atoms with van der Waals surface area (Å²) in [6.45, 7) is 1.92. The van der Waals surface area contributed by atoms with Gasteiger partial charge in [0.25, 0.3) is 5.91 Å². The highest BCUT2D eigenvalue weighted by atomic mass is 16.2. The van der Waals surface area contributed by atoms with E-state index in [1.54, 1.807) is 12.1 Å². The molecule has 1 aliphatic heterocycles. The van der Waals surface area contributed by atoms with Gasteiger partial charge in [0.1, 0.15) is 0 Å². The van der Waals surface area contributed by atoms with Gasteiger partial charge in [0.15, 0.2) is 0 Å². The van der Waals surface area contributed by atoms with Crippen LogP contribution in [0.4, 0.5) is 5.69 Å². The Morgan fingerprint density at radius 1 is 1.53 bits per heavy atom. The van der Waals surface area contributed by atoms with Gasteiger partial charge in [-0.2, -0.15) is 0 Å². The van der Waals surface area contributed by atoms with Crippen LogP contribution in [0.2, 0.25) is 0 Å². The molecule has 0 aliphatic carbocycles. The first-order valence-corrected chi connectivity index (χ1v) is 6.33. The predicted molar refractivity (Wildman–Crippen MR) is 73.8 cm³/mol. The van der Waals surface area contributed by atoms with Crippen molar-refractivity contribution in [1.29, 1.82) is 0 Å². The van der Waals surface area contributed by atoms with Crippen molar-refractivity contribution in [3.63, 3.8) is 0 Å². The van der Waals surface area contributed by atoms with E-state index in [9.17, 15) is 9.59 Å². The zero-order valence-corrected chi connectivity index (χ0v) is 10.8. The topological polar surface area (TPSA) is 58.2 Å². The maximum atomic E-state index is 12.0. The first-order valence-electron chi connectivity index (χ1n) is 6.33. The summed E-state index contributed by atoms with van der Waals surface area (Å²) in [6.07, 6.45) is 7.14. The van der Waals surface area contributed by atoms with E-state index in [4.69, 9.17) is 6.42 Å². The van der Waals surface area contributed by atoms with Gasteiger partial charge in [-0.25, -0.2) is 0 Å². The molecule has 4 nitrogen and oxygen atoms in total. The van der Waals surface area contributed by atoms with E-state index >= 15 is 0 Å². The Kier molecular flexibility index (Phi) is 3.86. The number of carbonyl (C=O) groups excluding carboxylic acids is 2. The third kappa shape index (κ3) is 2.94. The van der Waals surface area contributed by atoms with Gasteiger partial charge < -0.3 is 10.6 Å². The molecule has 19 heavy (non-hydrogen) atoms. The number of aryl methyl sites for hydroxylation is 1. The summed E-state index contributed by atoms with van der Waals surface area (Å²) >= 11 is 0. The van der Waals surface area contributed by atoms with Crippen LogP contribution in [0.25, 0.3) is 0 Å². The van der Waals surface area contributed by atoms with E-state index in [-0.39, 0.29) is 17.9 Å². The molecule has 2 amide bonds. The molecule has 0 saturated heterocycles. The Hall–Kier alpha value is -2.28. The number of benzene rings is 1. The predicted octanol–water partition coefficient (Wildman–Crippen LogP) is 1.71. The number of terminal acetylenes is 1. The molecule has 98 valence electrons. The second-order valence-electron chi connectivity index (χ2n) is 4.52. The van der Waals surface area contributed by atoms with Crippen LogP contribution in [0.15, 0.2) is 18.2 Å². The minimum absolute atomic E-state index is 0.0167. The monoisotopic (exact) mass is 256 g/mol. The molecule has 0 aromatic heterocycles. The van der Waals surface area contributed by atoms with E-state index in [1.165, 1.54) is 0 Å². The first-order chi connectivity index (χ1) is 9.13. The van der Waals surface area contributed by atoms with Crippen molar-refractivity contribution in [3.05, 3.63) is 29.3 Å². The van der Waals surface area contributed by atoms with Gasteiger partial charge in [0.05, 0.1) is 6.04 Å². The van der Waals surface area contributed by atoms with Gasteiger partial charge in [-0.3, -0.25) is 9.59 Å². The van der Waals surface area contributed by atoms with Crippen LogP contribution in [0.5, 0.6) is 0 Å². The first kappa shape index (κ1) is 13.2. The maximum absolute atomic E-state index is 12.0. The van der Waals surface area contributed by atoms with Crippen LogP contribution in [0.1, 0.15) is 35.7 Å². The molecule has 1 heterocycles. The summed E-state index contributed by atoms with van der Waals surface area (Å²) < 4.78 is 0. The van der Waals surface area contributed by atoms with Crippen molar-refractivity contribution in [3.8, 4) is 12.3 Å². The largest absolute Gasteiger partial charge is 0.338 e. The number of carbonyl (C=O) groups is 2. The molecule has 1 aromatic rings. The zero-order valence-electron chi connectivity index (χ0n) is 10.8. The maximum Gasteiger partial charge on any atom is 0.252 e. The lowest BCUT2D eigenvalue weighted by Crippen LogP contribution is -2.33. The number of nitrogens with one attached hydrogen (secondary N) is 2. The lowest BCUT2D eigenvalue weighted by Gasteiger charge is -2.18. The van der Waals surface area contributed by atoms with Crippen LogP contribution in [-0.2, 0) is 11.2 Å². The molecular weight excluding hydrogens is 240 g/mol. The quantitative estimate of drug-likeness (QED) is 0.809. The summed E-state index contributed by atoms with van der Waals surface area (Å²) in [5.74, 6) is 2.37. The Morgan fingerprint density at radius 3 is 3.00 bits per heavy atom. The van der Waals surface area contributed by atoms with Crippen LogP contribution < -0.4 is 10.6 Å². The van der Waals surface area contributed by atoms with E-state index in [0.29, 0.717) is 24.8 Å². The number of fused-ring (bicyclic) bond motifs is 1. The summed E-state index contributed by atoms with van der Waals surface area (Å²) in [7, 11) is 0. The van der Waals surface area contributed by atoms with Crippen molar-refractivity contribution in [2.75, 3.05) is 5.32 Å². The lowest BCUT2D eigenvalue weighted by molar-refractivity contribution is -0.116. The Labute approximate surface area is 112 Å². The molecule has 2 rings (SSSR count). The van der Waals surface area contributed by atoms with Gasteiger partial charge >= 0.3 is 0 Å². The number of rotatable bonds is 3. The number of hydrogen-bond donors (Lipinski definition) is 2. The molecule has 0 saturated carbocycles. The van der Waals surface area contributed by atoms with Gasteiger partial charge in [-0.05, 0) is 36.6 Å². The molecule has 4 heteroatoms. The van der Waals surface area contributed by atoms with Crippen LogP contribution in [0, 0.1) is 12.3 Å². The van der Waals surface area contributed by atoms with Gasteiger partial charge in [0, 0.05) is 17.7 Å². The van der Waals surface area contributed by atoms with Crippen molar-refractivity contribution < 1.29 is 9.59 Å². The number of hydrogen-bond acceptors (Lipinski definition) is 2. The second kappa shape index (κ2) is 5.57. The fourth-order valence-corrected chi connectivity index (χ4v) is 2.03. The smallest absolute Gasteiger partial charge is 0.252 e. The van der Waals surface area contributed by atoms with Crippen LogP contribution >= 0.6 is 0 Å². The fourth-order valence-electron chi connectivity index (χ4n) is 2.03. The molecule has 1 unspecified atom stereocenters. The zero-order chi connectivity index (χ0) is 13.8. The van der Waals surface area contributed by atoms with Crippen LogP contribution in [0.3, 0.4) is 0 Å². The summed E-state index contributed by atoms with van der Waals surface area (Å²) in [6, 6.07) is 5.03. The SMILES string of the molecule is C#CC(CC)NC(=O)c1ccc2c(c1)CCC(=O)N2. The summed E-state index contributed by atoms with van der Waals surface area (Å²) in [4.78, 5) is 23.3. The second-order valence-corrected chi connectivity index (χ2v) is 4.52. The summed E-state index contributed by atoms with van der Waals surface area (Å²) in [5.41, 5.74) is 2.35. The summed E-state index contributed by atoms with van der Waals surface area (Å²) in [5, 5.41) is 5.57. The Bertz CT molecular complexity index is 558. The van der Waals surface area contributed by atoms with Gasteiger partial charge in [-0.15, -0.1) is 6.42 Å². The molecule has 0 fully saturated rings. The van der Waals surface area contributed by atoms with E-state index in [1.807, 2.05) is 13.0 Å². The Morgan fingerprint density at radius 2 is 2.32 bits per heavy atom. The normalized spacial score (nSPS) is 14.8. The third-order valence-electron chi connectivity index (χ3n) is 3.18. The average molecular weight is 256 g/mol. The van der Waals surface area contributed by atoms with Crippen molar-refractivity contribution >= 4 is 17.5 Å². The van der Waals surface area contributed by atoms with Crippen molar-refractivity contribution in [1.82, 2.24) is 5.32 Å². The minimum Gasteiger partial charge on any atom is -0.338 e. The average Bonchev–Trinajstić information content (AvgIpc) is 2.43. The highest BCUT2D eigenvalue weighted by Crippen LogP contribution is 2.23. The molecule has 2 N–H and O–H groups in total. The van der Waals surface area contributed by atoms with E-state index in [0.717, 1.165) is 11.3 Å². The van der Waals surface area contributed by atoms with E-state index < -0.39 is 0 Å². The molecule has 0 spiro atoms. The molecule has 1 atom stereocenters. The Balaban J connectivity index is 2.16. The van der Waals surface area contributed by atoms with Crippen molar-refractivity contribution in [2.45, 2.75) is 32.2 Å². The molecular formula is C15H16N2O2. The minimum atomic E-state index is -0.247. The lowest BCUT2D eigenvalue weighted by atomic mass is 10.00. The van der Waals surface area contributed by atoms with E-state index in [2.05, 4.69) is 16.6 Å². The van der Waals surface area contributed by atoms with Crippen LogP contribution in [-0.4, -0.2) is 17.9 Å². The molecule has 0 bridgehead atoms. The molecule has 1 aliphatic rings. The van der Waals surface area contributed by atoms with Gasteiger partial charge in [0.2, 0.25) is 5.91 Å². The van der Waals surface area contributed by atoms with Crippen molar-refractivity contribution in [2.24, 2.45) is 0 Å². The third-order valence-corrected chi connectivity index (χ3v) is 3.18.